The summed E-state index contributed by atoms with van der Waals surface area (Å²) in [6.07, 6.45) is 5.14. The lowest BCUT2D eigenvalue weighted by Gasteiger charge is -2.21. The topological polar surface area (TPSA) is 21.3 Å². The van der Waals surface area contributed by atoms with Crippen molar-refractivity contribution in [3.63, 3.8) is 0 Å². The highest BCUT2D eigenvalue weighted by Crippen LogP contribution is 2.27. The quantitative estimate of drug-likeness (QED) is 0.844. The lowest BCUT2D eigenvalue weighted by atomic mass is 9.97. The summed E-state index contributed by atoms with van der Waals surface area (Å²) in [5.74, 6) is 0. The van der Waals surface area contributed by atoms with Gasteiger partial charge in [-0.2, -0.15) is 0 Å². The summed E-state index contributed by atoms with van der Waals surface area (Å²) < 4.78 is 5.36. The van der Waals surface area contributed by atoms with Crippen LogP contribution in [0.1, 0.15) is 42.5 Å². The molecule has 0 spiro atoms. The van der Waals surface area contributed by atoms with Crippen molar-refractivity contribution < 1.29 is 4.74 Å². The maximum absolute atomic E-state index is 5.36. The molecule has 17 heavy (non-hydrogen) atoms. The largest absolute Gasteiger partial charge is 0.382 e. The highest BCUT2D eigenvalue weighted by atomic mass is 16.5. The molecule has 2 atom stereocenters. The van der Waals surface area contributed by atoms with E-state index >= 15 is 0 Å². The molecular weight excluding hydrogens is 210 g/mol. The lowest BCUT2D eigenvalue weighted by Crippen LogP contribution is -2.22. The Morgan fingerprint density at radius 3 is 2.76 bits per heavy atom. The maximum atomic E-state index is 5.36. The minimum absolute atomic E-state index is 0.292. The fraction of sp³-hybridized carbons (Fsp3) is 0.600. The zero-order chi connectivity index (χ0) is 12.3. The molecule has 0 saturated carbocycles. The number of nitrogens with one attached hydrogen (secondary N) is 1. The van der Waals surface area contributed by atoms with E-state index in [1.165, 1.54) is 24.8 Å². The Hall–Kier alpha value is -0.860. The lowest BCUT2D eigenvalue weighted by molar-refractivity contribution is 0.101. The molecule has 0 aliphatic heterocycles. The predicted octanol–water partition coefficient (Wildman–Crippen LogP) is 2.86. The molecule has 1 aliphatic rings. The van der Waals surface area contributed by atoms with E-state index in [9.17, 15) is 0 Å². The molecule has 0 aromatic heterocycles. The van der Waals surface area contributed by atoms with Crippen molar-refractivity contribution in [2.45, 2.75) is 44.8 Å². The number of fused-ring (bicyclic) bond motifs is 1. The number of aryl methyl sites for hydroxylation is 2. The molecule has 2 nitrogen and oxygen atoms in total. The monoisotopic (exact) mass is 233 g/mol. The van der Waals surface area contributed by atoms with E-state index in [0.717, 1.165) is 6.42 Å². The Balaban J connectivity index is 2.14. The molecule has 0 saturated heterocycles. The van der Waals surface area contributed by atoms with Crippen LogP contribution in [0.25, 0.3) is 0 Å². The molecule has 2 rings (SSSR count). The van der Waals surface area contributed by atoms with Crippen molar-refractivity contribution in [3.8, 4) is 0 Å². The smallest absolute Gasteiger partial charge is 0.0561 e. The van der Waals surface area contributed by atoms with Crippen LogP contribution in [0.5, 0.6) is 0 Å². The SMILES string of the molecule is CNC(CC(C)OC)c1ccc2c(c1)CCC2. The third-order valence-corrected chi connectivity index (χ3v) is 3.84. The second-order valence-corrected chi connectivity index (χ2v) is 5.00. The van der Waals surface area contributed by atoms with Crippen LogP contribution in [0.3, 0.4) is 0 Å². The van der Waals surface area contributed by atoms with Gasteiger partial charge in [0.2, 0.25) is 0 Å². The highest BCUT2D eigenvalue weighted by molar-refractivity contribution is 5.36. The van der Waals surface area contributed by atoms with Crippen molar-refractivity contribution in [3.05, 3.63) is 34.9 Å². The second-order valence-electron chi connectivity index (χ2n) is 5.00. The summed E-state index contributed by atoms with van der Waals surface area (Å²) in [5, 5.41) is 3.39. The molecule has 0 heterocycles. The van der Waals surface area contributed by atoms with Crippen LogP contribution in [0.2, 0.25) is 0 Å². The average molecular weight is 233 g/mol. The molecule has 1 aromatic rings. The summed E-state index contributed by atoms with van der Waals surface area (Å²) in [7, 11) is 3.81. The minimum atomic E-state index is 0.292. The number of rotatable bonds is 5. The number of ether oxygens (including phenoxy) is 1. The summed E-state index contributed by atoms with van der Waals surface area (Å²) in [5.41, 5.74) is 4.49. The van der Waals surface area contributed by atoms with Crippen molar-refractivity contribution in [2.75, 3.05) is 14.2 Å². The fourth-order valence-corrected chi connectivity index (χ4v) is 2.66. The normalized spacial score (nSPS) is 17.8. The Morgan fingerprint density at radius 2 is 2.06 bits per heavy atom. The Labute approximate surface area is 104 Å². The van der Waals surface area contributed by atoms with E-state index in [4.69, 9.17) is 4.74 Å². The van der Waals surface area contributed by atoms with Gasteiger partial charge < -0.3 is 10.1 Å². The molecule has 0 radical (unpaired) electrons. The molecular formula is C15H23NO. The number of methoxy groups -OCH3 is 1. The summed E-state index contributed by atoms with van der Waals surface area (Å²) >= 11 is 0. The van der Waals surface area contributed by atoms with Gasteiger partial charge in [-0.15, -0.1) is 0 Å². The standard InChI is InChI=1S/C15H23NO/c1-11(17-3)9-15(16-2)14-8-7-12-5-4-6-13(12)10-14/h7-8,10-11,15-16H,4-6,9H2,1-3H3. The Kier molecular flexibility index (Phi) is 4.19. The number of benzene rings is 1. The molecule has 0 bridgehead atoms. The van der Waals surface area contributed by atoms with Crippen LogP contribution in [-0.4, -0.2) is 20.3 Å². The van der Waals surface area contributed by atoms with Gasteiger partial charge in [0.15, 0.2) is 0 Å². The molecule has 2 heteroatoms. The Morgan fingerprint density at radius 1 is 1.29 bits per heavy atom. The Bertz CT molecular complexity index is 375. The van der Waals surface area contributed by atoms with Gasteiger partial charge in [-0.25, -0.2) is 0 Å². The number of hydrogen-bond acceptors (Lipinski definition) is 2. The van der Waals surface area contributed by atoms with Gasteiger partial charge >= 0.3 is 0 Å². The first kappa shape index (κ1) is 12.6. The van der Waals surface area contributed by atoms with Gasteiger partial charge in [0.05, 0.1) is 6.10 Å². The second kappa shape index (κ2) is 5.65. The third-order valence-electron chi connectivity index (χ3n) is 3.84. The van der Waals surface area contributed by atoms with E-state index in [0.29, 0.717) is 12.1 Å². The minimum Gasteiger partial charge on any atom is -0.382 e. The van der Waals surface area contributed by atoms with E-state index < -0.39 is 0 Å². The van der Waals surface area contributed by atoms with Gasteiger partial charge in [0.25, 0.3) is 0 Å². The van der Waals surface area contributed by atoms with Crippen molar-refractivity contribution in [1.82, 2.24) is 5.32 Å². The van der Waals surface area contributed by atoms with Gasteiger partial charge in [-0.3, -0.25) is 0 Å². The van der Waals surface area contributed by atoms with Crippen LogP contribution in [0, 0.1) is 0 Å². The fourth-order valence-electron chi connectivity index (χ4n) is 2.66. The summed E-state index contributed by atoms with van der Waals surface area (Å²) in [4.78, 5) is 0. The van der Waals surface area contributed by atoms with Gasteiger partial charge in [0.1, 0.15) is 0 Å². The number of hydrogen-bond donors (Lipinski definition) is 1. The predicted molar refractivity (Wildman–Crippen MR) is 71.4 cm³/mol. The van der Waals surface area contributed by atoms with E-state index in [1.807, 2.05) is 7.05 Å². The first-order valence-corrected chi connectivity index (χ1v) is 6.56. The van der Waals surface area contributed by atoms with Gasteiger partial charge in [-0.05, 0) is 56.3 Å². The maximum Gasteiger partial charge on any atom is 0.0561 e. The van der Waals surface area contributed by atoms with Crippen LogP contribution in [0.15, 0.2) is 18.2 Å². The molecule has 2 unspecified atom stereocenters. The average Bonchev–Trinajstić information content (AvgIpc) is 2.82. The highest BCUT2D eigenvalue weighted by Gasteiger charge is 2.16. The third kappa shape index (κ3) is 2.88. The molecule has 1 aliphatic carbocycles. The van der Waals surface area contributed by atoms with Crippen LogP contribution < -0.4 is 5.32 Å². The zero-order valence-corrected chi connectivity index (χ0v) is 11.1. The van der Waals surface area contributed by atoms with Crippen LogP contribution >= 0.6 is 0 Å². The van der Waals surface area contributed by atoms with Crippen molar-refractivity contribution in [2.24, 2.45) is 0 Å². The molecule has 1 aromatic carbocycles. The molecule has 0 amide bonds. The van der Waals surface area contributed by atoms with E-state index in [1.54, 1.807) is 18.2 Å². The summed E-state index contributed by atoms with van der Waals surface area (Å²) in [6.45, 7) is 2.12. The van der Waals surface area contributed by atoms with Crippen molar-refractivity contribution in [1.29, 1.82) is 0 Å². The first-order valence-electron chi connectivity index (χ1n) is 6.56. The molecule has 94 valence electrons. The van der Waals surface area contributed by atoms with E-state index in [-0.39, 0.29) is 0 Å². The first-order chi connectivity index (χ1) is 8.24. The zero-order valence-electron chi connectivity index (χ0n) is 11.1. The van der Waals surface area contributed by atoms with Crippen LogP contribution in [0.4, 0.5) is 0 Å². The van der Waals surface area contributed by atoms with Crippen molar-refractivity contribution >= 4 is 0 Å². The molecule has 0 fully saturated rings. The van der Waals surface area contributed by atoms with E-state index in [2.05, 4.69) is 30.4 Å². The van der Waals surface area contributed by atoms with Gasteiger partial charge in [0, 0.05) is 13.2 Å². The van der Waals surface area contributed by atoms with Crippen LogP contribution in [-0.2, 0) is 17.6 Å². The molecule has 1 N–H and O–H groups in total. The summed E-state index contributed by atoms with van der Waals surface area (Å²) in [6, 6.07) is 7.36. The van der Waals surface area contributed by atoms with Gasteiger partial charge in [-0.1, -0.05) is 18.2 Å².